The Morgan fingerprint density at radius 3 is 2.49 bits per heavy atom. The van der Waals surface area contributed by atoms with Crippen molar-refractivity contribution in [3.05, 3.63) is 95.5 Å². The van der Waals surface area contributed by atoms with Crippen LogP contribution in [0.25, 0.3) is 11.4 Å². The van der Waals surface area contributed by atoms with Gasteiger partial charge in [0, 0.05) is 23.0 Å². The van der Waals surface area contributed by atoms with Gasteiger partial charge in [0.15, 0.2) is 5.82 Å². The Bertz CT molecular complexity index is 1470. The summed E-state index contributed by atoms with van der Waals surface area (Å²) in [6.45, 7) is 8.42. The molecule has 0 saturated carbocycles. The normalized spacial score (nSPS) is 15.1. The minimum atomic E-state index is -0.556. The number of pyridine rings is 1. The SMILES string of the molecule is COc1ccccc1C1C(C(=O)Nc2cccnc2)=C(C)Nc2nc(-c3ccc(C(C)(C)C)cc3)nn21. The molecule has 8 heteroatoms. The summed E-state index contributed by atoms with van der Waals surface area (Å²) in [4.78, 5) is 22.5. The second-order valence-corrected chi connectivity index (χ2v) is 10.0. The zero-order valence-corrected chi connectivity index (χ0v) is 21.6. The van der Waals surface area contributed by atoms with Gasteiger partial charge in [0.05, 0.1) is 24.6 Å². The van der Waals surface area contributed by atoms with Crippen LogP contribution >= 0.6 is 0 Å². The fourth-order valence-electron chi connectivity index (χ4n) is 4.50. The minimum Gasteiger partial charge on any atom is -0.496 e. The summed E-state index contributed by atoms with van der Waals surface area (Å²) in [5, 5.41) is 11.1. The minimum absolute atomic E-state index is 0.0491. The molecule has 8 nitrogen and oxygen atoms in total. The number of allylic oxidation sites excluding steroid dienone is 1. The van der Waals surface area contributed by atoms with Gasteiger partial charge in [0.2, 0.25) is 5.95 Å². The van der Waals surface area contributed by atoms with E-state index < -0.39 is 6.04 Å². The molecule has 0 spiro atoms. The van der Waals surface area contributed by atoms with Crippen molar-refractivity contribution in [3.63, 3.8) is 0 Å². The van der Waals surface area contributed by atoms with Crippen LogP contribution in [0.4, 0.5) is 11.6 Å². The number of aromatic nitrogens is 4. The van der Waals surface area contributed by atoms with E-state index in [1.165, 1.54) is 5.56 Å². The summed E-state index contributed by atoms with van der Waals surface area (Å²) in [5.41, 5.74) is 4.80. The lowest BCUT2D eigenvalue weighted by molar-refractivity contribution is -0.113. The second kappa shape index (κ2) is 9.54. The molecule has 0 radical (unpaired) electrons. The van der Waals surface area contributed by atoms with E-state index in [0.717, 1.165) is 11.1 Å². The van der Waals surface area contributed by atoms with Crippen molar-refractivity contribution in [2.45, 2.75) is 39.2 Å². The number of rotatable bonds is 5. The maximum Gasteiger partial charge on any atom is 0.255 e. The Balaban J connectivity index is 1.60. The van der Waals surface area contributed by atoms with Gasteiger partial charge >= 0.3 is 0 Å². The van der Waals surface area contributed by atoms with Crippen LogP contribution in [0.1, 0.15) is 44.9 Å². The number of nitrogens with one attached hydrogen (secondary N) is 2. The van der Waals surface area contributed by atoms with Gasteiger partial charge in [0.25, 0.3) is 5.91 Å². The van der Waals surface area contributed by atoms with E-state index in [1.54, 1.807) is 36.3 Å². The first-order valence-corrected chi connectivity index (χ1v) is 12.2. The molecule has 2 aromatic carbocycles. The molecule has 1 amide bonds. The number of ether oxygens (including phenoxy) is 1. The lowest BCUT2D eigenvalue weighted by atomic mass is 9.87. The van der Waals surface area contributed by atoms with Gasteiger partial charge < -0.3 is 15.4 Å². The smallest absolute Gasteiger partial charge is 0.255 e. The quantitative estimate of drug-likeness (QED) is 0.377. The first-order valence-electron chi connectivity index (χ1n) is 12.2. The number of para-hydroxylation sites is 1. The second-order valence-electron chi connectivity index (χ2n) is 10.0. The molecule has 0 bridgehead atoms. The zero-order valence-electron chi connectivity index (χ0n) is 21.6. The maximum atomic E-state index is 13.6. The third-order valence-corrected chi connectivity index (χ3v) is 6.46. The van der Waals surface area contributed by atoms with E-state index in [4.69, 9.17) is 14.8 Å². The molecule has 0 aliphatic carbocycles. The average Bonchev–Trinajstić information content (AvgIpc) is 3.31. The molecule has 1 aliphatic heterocycles. The first-order chi connectivity index (χ1) is 17.8. The van der Waals surface area contributed by atoms with Crippen LogP contribution in [0.3, 0.4) is 0 Å². The highest BCUT2D eigenvalue weighted by Crippen LogP contribution is 2.40. The molecule has 5 rings (SSSR count). The van der Waals surface area contributed by atoms with Crippen LogP contribution in [-0.4, -0.2) is 32.8 Å². The molecule has 0 fully saturated rings. The topological polar surface area (TPSA) is 94.0 Å². The summed E-state index contributed by atoms with van der Waals surface area (Å²) < 4.78 is 7.45. The van der Waals surface area contributed by atoms with Gasteiger partial charge in [0.1, 0.15) is 11.8 Å². The third-order valence-electron chi connectivity index (χ3n) is 6.46. The molecule has 1 unspecified atom stereocenters. The molecule has 4 aromatic rings. The molecule has 0 saturated heterocycles. The summed E-state index contributed by atoms with van der Waals surface area (Å²) in [5.74, 6) is 1.53. The lowest BCUT2D eigenvalue weighted by Gasteiger charge is -2.29. The van der Waals surface area contributed by atoms with Crippen molar-refractivity contribution in [2.75, 3.05) is 17.7 Å². The molecular weight excluding hydrogens is 464 g/mol. The fourth-order valence-corrected chi connectivity index (χ4v) is 4.50. The Kier molecular flexibility index (Phi) is 6.25. The van der Waals surface area contributed by atoms with Crippen LogP contribution in [0.2, 0.25) is 0 Å². The maximum absolute atomic E-state index is 13.6. The van der Waals surface area contributed by atoms with Crippen molar-refractivity contribution in [3.8, 4) is 17.1 Å². The standard InChI is InChI=1S/C29H30N6O2/c1-18-24(27(36)32-21-9-8-16-30-17-21)25(22-10-6-7-11-23(22)37-5)35-28(31-18)33-26(34-35)19-12-14-20(15-13-19)29(2,3)4/h6-17,25H,1-5H3,(H,32,36)(H,31,33,34). The molecule has 1 atom stereocenters. The average molecular weight is 495 g/mol. The number of carbonyl (C=O) groups excluding carboxylic acids is 1. The van der Waals surface area contributed by atoms with Crippen molar-refractivity contribution in [2.24, 2.45) is 0 Å². The number of anilines is 2. The Hall–Kier alpha value is -4.46. The van der Waals surface area contributed by atoms with Gasteiger partial charge in [-0.05, 0) is 36.1 Å². The van der Waals surface area contributed by atoms with Crippen molar-refractivity contribution in [1.82, 2.24) is 19.7 Å². The van der Waals surface area contributed by atoms with Crippen molar-refractivity contribution >= 4 is 17.5 Å². The van der Waals surface area contributed by atoms with Gasteiger partial charge in [-0.2, -0.15) is 4.98 Å². The van der Waals surface area contributed by atoms with E-state index in [1.807, 2.05) is 43.3 Å². The van der Waals surface area contributed by atoms with Crippen LogP contribution in [-0.2, 0) is 10.2 Å². The largest absolute Gasteiger partial charge is 0.496 e. The number of amides is 1. The van der Waals surface area contributed by atoms with E-state index in [9.17, 15) is 4.79 Å². The predicted molar refractivity (Wildman–Crippen MR) is 144 cm³/mol. The number of fused-ring (bicyclic) bond motifs is 1. The van der Waals surface area contributed by atoms with E-state index >= 15 is 0 Å². The van der Waals surface area contributed by atoms with Crippen LogP contribution < -0.4 is 15.4 Å². The molecule has 2 aromatic heterocycles. The van der Waals surface area contributed by atoms with Gasteiger partial charge in [-0.3, -0.25) is 9.78 Å². The number of nitrogens with zero attached hydrogens (tertiary/aromatic N) is 4. The third kappa shape index (κ3) is 4.70. The Morgan fingerprint density at radius 2 is 1.81 bits per heavy atom. The number of benzene rings is 2. The molecular formula is C29H30N6O2. The van der Waals surface area contributed by atoms with E-state index in [-0.39, 0.29) is 11.3 Å². The highest BCUT2D eigenvalue weighted by Gasteiger charge is 2.36. The Morgan fingerprint density at radius 1 is 1.05 bits per heavy atom. The lowest BCUT2D eigenvalue weighted by Crippen LogP contribution is -2.31. The first kappa shape index (κ1) is 24.2. The zero-order chi connectivity index (χ0) is 26.2. The molecule has 2 N–H and O–H groups in total. The summed E-state index contributed by atoms with van der Waals surface area (Å²) in [6, 6.07) is 19.0. The highest BCUT2D eigenvalue weighted by molar-refractivity contribution is 6.06. The molecule has 3 heterocycles. The number of methoxy groups -OCH3 is 1. The summed E-state index contributed by atoms with van der Waals surface area (Å²) in [6.07, 6.45) is 3.28. The number of hydrogen-bond donors (Lipinski definition) is 2. The van der Waals surface area contributed by atoms with Crippen LogP contribution in [0, 0.1) is 0 Å². The van der Waals surface area contributed by atoms with Crippen molar-refractivity contribution in [1.29, 1.82) is 0 Å². The van der Waals surface area contributed by atoms with Crippen LogP contribution in [0.15, 0.2) is 84.3 Å². The molecule has 188 valence electrons. The van der Waals surface area contributed by atoms with Gasteiger partial charge in [-0.25, -0.2) is 4.68 Å². The van der Waals surface area contributed by atoms with E-state index in [0.29, 0.717) is 34.5 Å². The summed E-state index contributed by atoms with van der Waals surface area (Å²) in [7, 11) is 1.62. The predicted octanol–water partition coefficient (Wildman–Crippen LogP) is 5.57. The van der Waals surface area contributed by atoms with Crippen molar-refractivity contribution < 1.29 is 9.53 Å². The number of hydrogen-bond acceptors (Lipinski definition) is 6. The molecule has 1 aliphatic rings. The van der Waals surface area contributed by atoms with Gasteiger partial charge in [-0.1, -0.05) is 63.2 Å². The van der Waals surface area contributed by atoms with Crippen LogP contribution in [0.5, 0.6) is 5.75 Å². The monoisotopic (exact) mass is 494 g/mol. The van der Waals surface area contributed by atoms with E-state index in [2.05, 4.69) is 48.5 Å². The summed E-state index contributed by atoms with van der Waals surface area (Å²) >= 11 is 0. The van der Waals surface area contributed by atoms with Gasteiger partial charge in [-0.15, -0.1) is 5.10 Å². The highest BCUT2D eigenvalue weighted by atomic mass is 16.5. The Labute approximate surface area is 216 Å². The number of carbonyl (C=O) groups is 1. The fraction of sp³-hybridized carbons (Fsp3) is 0.241. The molecule has 37 heavy (non-hydrogen) atoms.